The molecule has 1 rings (SSSR count). The fourth-order valence-corrected chi connectivity index (χ4v) is 2.49. The van der Waals surface area contributed by atoms with E-state index in [1.54, 1.807) is 0 Å². The van der Waals surface area contributed by atoms with E-state index in [9.17, 15) is 5.21 Å². The zero-order valence-electron chi connectivity index (χ0n) is 8.63. The van der Waals surface area contributed by atoms with E-state index in [4.69, 9.17) is 0 Å². The molecule has 1 N–H and O–H groups in total. The van der Waals surface area contributed by atoms with Crippen molar-refractivity contribution < 1.29 is 5.21 Å². The van der Waals surface area contributed by atoms with Crippen molar-refractivity contribution in [2.75, 3.05) is 13.1 Å². The van der Waals surface area contributed by atoms with Gasteiger partial charge in [-0.15, -0.1) is 6.58 Å². The van der Waals surface area contributed by atoms with Crippen LogP contribution in [-0.2, 0) is 0 Å². The summed E-state index contributed by atoms with van der Waals surface area (Å²) in [7, 11) is 0. The summed E-state index contributed by atoms with van der Waals surface area (Å²) in [5.41, 5.74) is 0.309. The van der Waals surface area contributed by atoms with Crippen molar-refractivity contribution in [2.24, 2.45) is 5.41 Å². The molecule has 2 nitrogen and oxygen atoms in total. The first-order chi connectivity index (χ1) is 6.22. The highest BCUT2D eigenvalue weighted by atomic mass is 16.5. The van der Waals surface area contributed by atoms with Crippen LogP contribution in [0.3, 0.4) is 0 Å². The van der Waals surface area contributed by atoms with Gasteiger partial charge in [-0.25, -0.2) is 0 Å². The van der Waals surface area contributed by atoms with Crippen LogP contribution in [0.1, 0.15) is 39.0 Å². The zero-order chi connectivity index (χ0) is 9.73. The molecule has 0 radical (unpaired) electrons. The predicted octanol–water partition coefficient (Wildman–Crippen LogP) is 2.83. The van der Waals surface area contributed by atoms with Crippen LogP contribution < -0.4 is 0 Å². The molecule has 0 aromatic heterocycles. The second-order valence-electron chi connectivity index (χ2n) is 4.23. The Bertz CT molecular complexity index is 165. The lowest BCUT2D eigenvalue weighted by molar-refractivity contribution is -0.140. The lowest BCUT2D eigenvalue weighted by Crippen LogP contribution is -2.41. The van der Waals surface area contributed by atoms with Crippen molar-refractivity contribution in [1.82, 2.24) is 5.06 Å². The largest absolute Gasteiger partial charge is 0.314 e. The third-order valence-electron chi connectivity index (χ3n) is 3.00. The summed E-state index contributed by atoms with van der Waals surface area (Å²) in [6.45, 7) is 7.68. The van der Waals surface area contributed by atoms with E-state index in [1.165, 1.54) is 24.3 Å². The molecule has 1 aliphatic rings. The molecule has 1 aliphatic heterocycles. The molecule has 0 unspecified atom stereocenters. The molecule has 0 amide bonds. The van der Waals surface area contributed by atoms with Crippen molar-refractivity contribution in [3.63, 3.8) is 0 Å². The molecule has 2 heteroatoms. The fraction of sp³-hybridized carbons (Fsp3) is 0.818. The highest BCUT2D eigenvalue weighted by Gasteiger charge is 2.32. The van der Waals surface area contributed by atoms with Gasteiger partial charge < -0.3 is 5.21 Å². The first-order valence-electron chi connectivity index (χ1n) is 5.27. The van der Waals surface area contributed by atoms with Crippen LogP contribution in [0.25, 0.3) is 0 Å². The molecule has 1 saturated heterocycles. The average Bonchev–Trinajstić information content (AvgIpc) is 2.04. The summed E-state index contributed by atoms with van der Waals surface area (Å²) in [6.07, 6.45) is 7.79. The van der Waals surface area contributed by atoms with Crippen LogP contribution in [0.5, 0.6) is 0 Å². The number of allylic oxidation sites excluding steroid dienone is 1. The lowest BCUT2D eigenvalue weighted by atomic mass is 9.74. The Morgan fingerprint density at radius 1 is 1.62 bits per heavy atom. The molecule has 13 heavy (non-hydrogen) atoms. The number of nitrogens with zero attached hydrogens (tertiary/aromatic N) is 1. The maximum Gasteiger partial charge on any atom is 0.0297 e. The average molecular weight is 183 g/mol. The maximum atomic E-state index is 9.50. The van der Waals surface area contributed by atoms with Gasteiger partial charge in [-0.1, -0.05) is 19.4 Å². The predicted molar refractivity (Wildman–Crippen MR) is 54.7 cm³/mol. The Balaban J connectivity index is 2.58. The maximum absolute atomic E-state index is 9.50. The van der Waals surface area contributed by atoms with Gasteiger partial charge in [0.15, 0.2) is 0 Å². The highest BCUT2D eigenvalue weighted by Crippen LogP contribution is 2.37. The van der Waals surface area contributed by atoms with Crippen LogP contribution in [-0.4, -0.2) is 23.4 Å². The summed E-state index contributed by atoms with van der Waals surface area (Å²) in [4.78, 5) is 0. The molecule has 1 fully saturated rings. The molecule has 0 aromatic rings. The van der Waals surface area contributed by atoms with Crippen molar-refractivity contribution in [1.29, 1.82) is 0 Å². The Hall–Kier alpha value is -0.340. The van der Waals surface area contributed by atoms with Gasteiger partial charge in [0.25, 0.3) is 0 Å². The van der Waals surface area contributed by atoms with Gasteiger partial charge in [0.05, 0.1) is 0 Å². The Kier molecular flexibility index (Phi) is 3.94. The summed E-state index contributed by atoms with van der Waals surface area (Å²) in [5, 5.41) is 11.0. The smallest absolute Gasteiger partial charge is 0.0297 e. The minimum atomic E-state index is 0.309. The van der Waals surface area contributed by atoms with Gasteiger partial charge in [-0.05, 0) is 31.1 Å². The van der Waals surface area contributed by atoms with Crippen molar-refractivity contribution in [2.45, 2.75) is 39.0 Å². The summed E-state index contributed by atoms with van der Waals surface area (Å²) < 4.78 is 0. The molecule has 0 aromatic carbocycles. The van der Waals surface area contributed by atoms with Gasteiger partial charge in [-0.3, -0.25) is 0 Å². The Morgan fingerprint density at radius 3 is 2.92 bits per heavy atom. The Labute approximate surface area is 81.2 Å². The molecule has 1 heterocycles. The lowest BCUT2D eigenvalue weighted by Gasteiger charge is -2.40. The molecular weight excluding hydrogens is 162 g/mol. The van der Waals surface area contributed by atoms with Crippen LogP contribution in [0.2, 0.25) is 0 Å². The molecule has 1 atom stereocenters. The molecule has 0 saturated carbocycles. The normalized spacial score (nSPS) is 30.3. The van der Waals surface area contributed by atoms with Gasteiger partial charge in [0.2, 0.25) is 0 Å². The van der Waals surface area contributed by atoms with Crippen LogP contribution in [0, 0.1) is 5.41 Å². The second-order valence-corrected chi connectivity index (χ2v) is 4.23. The summed E-state index contributed by atoms with van der Waals surface area (Å²) in [6, 6.07) is 0. The highest BCUT2D eigenvalue weighted by molar-refractivity contribution is 4.90. The first kappa shape index (κ1) is 10.7. The van der Waals surface area contributed by atoms with Crippen LogP contribution >= 0.6 is 0 Å². The third-order valence-corrected chi connectivity index (χ3v) is 3.00. The summed E-state index contributed by atoms with van der Waals surface area (Å²) in [5.74, 6) is 0. The molecule has 0 aliphatic carbocycles. The second kappa shape index (κ2) is 4.77. The fourth-order valence-electron chi connectivity index (χ4n) is 2.49. The first-order valence-corrected chi connectivity index (χ1v) is 5.27. The minimum absolute atomic E-state index is 0.309. The van der Waals surface area contributed by atoms with E-state index in [0.717, 1.165) is 25.9 Å². The van der Waals surface area contributed by atoms with E-state index in [0.29, 0.717) is 5.41 Å². The minimum Gasteiger partial charge on any atom is -0.314 e. The van der Waals surface area contributed by atoms with Crippen molar-refractivity contribution in [3.8, 4) is 0 Å². The number of hydrogen-bond acceptors (Lipinski definition) is 2. The summed E-state index contributed by atoms with van der Waals surface area (Å²) >= 11 is 0. The number of rotatable bonds is 4. The van der Waals surface area contributed by atoms with Crippen molar-refractivity contribution >= 4 is 0 Å². The molecule has 76 valence electrons. The number of hydroxylamine groups is 2. The van der Waals surface area contributed by atoms with E-state index >= 15 is 0 Å². The van der Waals surface area contributed by atoms with E-state index in [2.05, 4.69) is 13.5 Å². The topological polar surface area (TPSA) is 23.5 Å². The van der Waals surface area contributed by atoms with Gasteiger partial charge >= 0.3 is 0 Å². The van der Waals surface area contributed by atoms with Gasteiger partial charge in [0, 0.05) is 13.1 Å². The van der Waals surface area contributed by atoms with E-state index in [1.807, 2.05) is 6.08 Å². The van der Waals surface area contributed by atoms with Gasteiger partial charge in [0.1, 0.15) is 0 Å². The van der Waals surface area contributed by atoms with E-state index in [-0.39, 0.29) is 0 Å². The molecule has 0 bridgehead atoms. The standard InChI is InChI=1S/C11H21NO/c1-3-6-11(7-4-2)8-5-9-12(13)10-11/h3,13H,1,4-10H2,2H3/t11-/m0/s1. The van der Waals surface area contributed by atoms with Crippen LogP contribution in [0.4, 0.5) is 0 Å². The van der Waals surface area contributed by atoms with Crippen LogP contribution in [0.15, 0.2) is 12.7 Å². The Morgan fingerprint density at radius 2 is 2.38 bits per heavy atom. The van der Waals surface area contributed by atoms with Gasteiger partial charge in [-0.2, -0.15) is 5.06 Å². The monoisotopic (exact) mass is 183 g/mol. The van der Waals surface area contributed by atoms with Crippen molar-refractivity contribution in [3.05, 3.63) is 12.7 Å². The number of piperidine rings is 1. The zero-order valence-corrected chi connectivity index (χ0v) is 8.63. The van der Waals surface area contributed by atoms with E-state index < -0.39 is 0 Å². The molecular formula is C11H21NO. The third kappa shape index (κ3) is 2.82. The quantitative estimate of drug-likeness (QED) is 0.677. The number of hydrogen-bond donors (Lipinski definition) is 1. The molecule has 0 spiro atoms. The SMILES string of the molecule is C=CC[C@]1(CCC)CCCN(O)C1.